The molecule has 0 fully saturated rings. The third kappa shape index (κ3) is 3.43. The number of amides is 1. The molecule has 3 rings (SSSR count). The van der Waals surface area contributed by atoms with Crippen molar-refractivity contribution in [2.24, 2.45) is 0 Å². The van der Waals surface area contributed by atoms with Gasteiger partial charge in [-0.25, -0.2) is 4.68 Å². The second kappa shape index (κ2) is 6.67. The van der Waals surface area contributed by atoms with Crippen molar-refractivity contribution in [2.75, 3.05) is 0 Å². The van der Waals surface area contributed by atoms with Gasteiger partial charge < -0.3 is 5.32 Å². The number of carbonyl (C=O) groups excluding carboxylic acids is 1. The first-order valence-electron chi connectivity index (χ1n) is 7.28. The molecule has 0 saturated carbocycles. The summed E-state index contributed by atoms with van der Waals surface area (Å²) in [6.07, 6.45) is 1.58. The van der Waals surface area contributed by atoms with Gasteiger partial charge in [-0.1, -0.05) is 48.0 Å². The Kier molecular flexibility index (Phi) is 4.44. The molecule has 5 heteroatoms. The van der Waals surface area contributed by atoms with Crippen LogP contribution in [-0.2, 0) is 6.54 Å². The van der Waals surface area contributed by atoms with Crippen LogP contribution in [0, 0.1) is 6.92 Å². The van der Waals surface area contributed by atoms with Crippen LogP contribution in [0.1, 0.15) is 21.6 Å². The smallest absolute Gasteiger partial charge is 0.255 e. The molecule has 1 amide bonds. The van der Waals surface area contributed by atoms with Crippen molar-refractivity contribution in [1.29, 1.82) is 0 Å². The third-order valence-corrected chi connectivity index (χ3v) is 3.84. The highest BCUT2D eigenvalue weighted by Crippen LogP contribution is 2.18. The van der Waals surface area contributed by atoms with Crippen molar-refractivity contribution in [2.45, 2.75) is 13.5 Å². The number of hydrogen-bond acceptors (Lipinski definition) is 2. The van der Waals surface area contributed by atoms with E-state index < -0.39 is 0 Å². The molecule has 2 aromatic carbocycles. The zero-order chi connectivity index (χ0) is 16.2. The molecular weight excluding hydrogens is 310 g/mol. The van der Waals surface area contributed by atoms with Gasteiger partial charge in [-0.3, -0.25) is 4.79 Å². The highest BCUT2D eigenvalue weighted by atomic mass is 35.5. The summed E-state index contributed by atoms with van der Waals surface area (Å²) >= 11 is 6.01. The van der Waals surface area contributed by atoms with E-state index in [-0.39, 0.29) is 5.91 Å². The Labute approximate surface area is 139 Å². The second-order valence-corrected chi connectivity index (χ2v) is 5.64. The van der Waals surface area contributed by atoms with Crippen LogP contribution >= 0.6 is 11.6 Å². The molecule has 4 nitrogen and oxygen atoms in total. The molecule has 0 aliphatic heterocycles. The molecular formula is C18H16ClN3O. The predicted octanol–water partition coefficient (Wildman–Crippen LogP) is 3.76. The maximum atomic E-state index is 12.4. The van der Waals surface area contributed by atoms with Gasteiger partial charge in [0.1, 0.15) is 0 Å². The molecule has 0 saturated heterocycles. The average Bonchev–Trinajstić information content (AvgIpc) is 2.95. The minimum Gasteiger partial charge on any atom is -0.348 e. The molecule has 1 N–H and O–H groups in total. The number of benzene rings is 2. The molecule has 3 aromatic rings. The van der Waals surface area contributed by atoms with Gasteiger partial charge in [0.05, 0.1) is 23.1 Å². The van der Waals surface area contributed by atoms with E-state index in [1.807, 2.05) is 55.5 Å². The maximum absolute atomic E-state index is 12.4. The van der Waals surface area contributed by atoms with Crippen LogP contribution in [0.3, 0.4) is 0 Å². The molecule has 0 aliphatic rings. The lowest BCUT2D eigenvalue weighted by Crippen LogP contribution is -2.23. The fourth-order valence-corrected chi connectivity index (χ4v) is 2.56. The van der Waals surface area contributed by atoms with Crippen molar-refractivity contribution < 1.29 is 4.79 Å². The molecule has 0 spiro atoms. The number of rotatable bonds is 4. The Morgan fingerprint density at radius 1 is 1.17 bits per heavy atom. The summed E-state index contributed by atoms with van der Waals surface area (Å²) in [5, 5.41) is 7.85. The highest BCUT2D eigenvalue weighted by Gasteiger charge is 2.15. The van der Waals surface area contributed by atoms with Gasteiger partial charge in [0.2, 0.25) is 0 Å². The van der Waals surface area contributed by atoms with E-state index in [0.29, 0.717) is 17.1 Å². The molecule has 0 atom stereocenters. The van der Waals surface area contributed by atoms with Crippen molar-refractivity contribution in [3.05, 3.63) is 82.6 Å². The summed E-state index contributed by atoms with van der Waals surface area (Å²) in [5.74, 6) is -0.139. The van der Waals surface area contributed by atoms with Crippen molar-refractivity contribution in [1.82, 2.24) is 15.1 Å². The largest absolute Gasteiger partial charge is 0.348 e. The molecule has 23 heavy (non-hydrogen) atoms. The Morgan fingerprint density at radius 2 is 1.96 bits per heavy atom. The van der Waals surface area contributed by atoms with Gasteiger partial charge in [0, 0.05) is 11.6 Å². The summed E-state index contributed by atoms with van der Waals surface area (Å²) in [6, 6.07) is 17.2. The van der Waals surface area contributed by atoms with Crippen LogP contribution in [0.2, 0.25) is 5.02 Å². The maximum Gasteiger partial charge on any atom is 0.255 e. The molecule has 1 heterocycles. The Morgan fingerprint density at radius 3 is 2.70 bits per heavy atom. The lowest BCUT2D eigenvalue weighted by molar-refractivity contribution is 0.0950. The van der Waals surface area contributed by atoms with Crippen LogP contribution in [0.15, 0.2) is 60.8 Å². The topological polar surface area (TPSA) is 46.9 Å². The van der Waals surface area contributed by atoms with Gasteiger partial charge in [-0.2, -0.15) is 5.10 Å². The Hall–Kier alpha value is -2.59. The highest BCUT2D eigenvalue weighted by molar-refractivity contribution is 6.30. The predicted molar refractivity (Wildman–Crippen MR) is 90.9 cm³/mol. The minimum absolute atomic E-state index is 0.139. The molecule has 0 unspecified atom stereocenters. The van der Waals surface area contributed by atoms with Crippen LogP contribution in [0.5, 0.6) is 0 Å². The van der Waals surface area contributed by atoms with Crippen molar-refractivity contribution in [3.63, 3.8) is 0 Å². The van der Waals surface area contributed by atoms with E-state index in [1.165, 1.54) is 0 Å². The molecule has 116 valence electrons. The second-order valence-electron chi connectivity index (χ2n) is 5.20. The lowest BCUT2D eigenvalue weighted by Gasteiger charge is -2.07. The number of hydrogen-bond donors (Lipinski definition) is 1. The summed E-state index contributed by atoms with van der Waals surface area (Å²) in [6.45, 7) is 2.35. The van der Waals surface area contributed by atoms with Crippen LogP contribution in [-0.4, -0.2) is 15.7 Å². The number of carbonyl (C=O) groups is 1. The zero-order valence-electron chi connectivity index (χ0n) is 12.7. The first-order chi connectivity index (χ1) is 11.1. The first-order valence-corrected chi connectivity index (χ1v) is 7.65. The van der Waals surface area contributed by atoms with E-state index in [4.69, 9.17) is 11.6 Å². The lowest BCUT2D eigenvalue weighted by atomic mass is 10.2. The van der Waals surface area contributed by atoms with Gasteiger partial charge >= 0.3 is 0 Å². The fraction of sp³-hybridized carbons (Fsp3) is 0.111. The van der Waals surface area contributed by atoms with Gasteiger partial charge in [-0.15, -0.1) is 0 Å². The number of halogens is 1. The molecule has 0 bridgehead atoms. The summed E-state index contributed by atoms with van der Waals surface area (Å²) in [5.41, 5.74) is 3.22. The van der Waals surface area contributed by atoms with Crippen molar-refractivity contribution >= 4 is 17.5 Å². The van der Waals surface area contributed by atoms with E-state index in [1.54, 1.807) is 16.9 Å². The normalized spacial score (nSPS) is 10.5. The Bertz CT molecular complexity index is 827. The first kappa shape index (κ1) is 15.3. The average molecular weight is 326 g/mol. The monoisotopic (exact) mass is 325 g/mol. The summed E-state index contributed by atoms with van der Waals surface area (Å²) < 4.78 is 1.71. The quantitative estimate of drug-likeness (QED) is 0.793. The van der Waals surface area contributed by atoms with E-state index in [0.717, 1.165) is 16.9 Å². The minimum atomic E-state index is -0.139. The van der Waals surface area contributed by atoms with Gasteiger partial charge in [-0.05, 0) is 30.7 Å². The van der Waals surface area contributed by atoms with Crippen molar-refractivity contribution in [3.8, 4) is 5.69 Å². The zero-order valence-corrected chi connectivity index (χ0v) is 13.4. The fourth-order valence-electron chi connectivity index (χ4n) is 2.37. The van der Waals surface area contributed by atoms with Crippen LogP contribution < -0.4 is 5.32 Å². The third-order valence-electron chi connectivity index (χ3n) is 3.60. The van der Waals surface area contributed by atoms with Gasteiger partial charge in [0.15, 0.2) is 0 Å². The summed E-state index contributed by atoms with van der Waals surface area (Å²) in [7, 11) is 0. The van der Waals surface area contributed by atoms with E-state index in [9.17, 15) is 4.79 Å². The van der Waals surface area contributed by atoms with E-state index >= 15 is 0 Å². The molecule has 1 aromatic heterocycles. The SMILES string of the molecule is Cc1c(C(=O)NCc2ccccc2)cnn1-c1cccc(Cl)c1. The molecule has 0 aliphatic carbocycles. The summed E-state index contributed by atoms with van der Waals surface area (Å²) in [4.78, 5) is 12.4. The number of nitrogens with one attached hydrogen (secondary N) is 1. The standard InChI is InChI=1S/C18H16ClN3O/c1-13-17(18(23)20-11-14-6-3-2-4-7-14)12-21-22(13)16-9-5-8-15(19)10-16/h2-10,12H,11H2,1H3,(H,20,23). The Balaban J connectivity index is 1.77. The van der Waals surface area contributed by atoms with Gasteiger partial charge in [0.25, 0.3) is 5.91 Å². The van der Waals surface area contributed by atoms with E-state index in [2.05, 4.69) is 10.4 Å². The molecule has 0 radical (unpaired) electrons. The van der Waals surface area contributed by atoms with Crippen LogP contribution in [0.4, 0.5) is 0 Å². The van der Waals surface area contributed by atoms with Crippen LogP contribution in [0.25, 0.3) is 5.69 Å². The number of aromatic nitrogens is 2. The number of nitrogens with zero attached hydrogens (tertiary/aromatic N) is 2.